The normalized spacial score (nSPS) is 35.4. The van der Waals surface area contributed by atoms with Crippen LogP contribution in [-0.2, 0) is 4.74 Å². The molecule has 0 radical (unpaired) electrons. The Balaban J connectivity index is 1.94. The molecule has 1 amide bonds. The zero-order valence-electron chi connectivity index (χ0n) is 8.79. The lowest BCUT2D eigenvalue weighted by atomic mass is 9.86. The summed E-state index contributed by atoms with van der Waals surface area (Å²) in [7, 11) is 0. The molecule has 3 fully saturated rings. The Bertz CT molecular complexity index is 261. The van der Waals surface area contributed by atoms with E-state index in [1.807, 2.05) is 25.7 Å². The summed E-state index contributed by atoms with van der Waals surface area (Å²) in [6, 6.07) is 0.440. The first kappa shape index (κ1) is 10.5. The van der Waals surface area contributed by atoms with Crippen LogP contribution < -0.4 is 0 Å². The fourth-order valence-electron chi connectivity index (χ4n) is 2.08. The molecular weight excluding hydrogens is 293 g/mol. The van der Waals surface area contributed by atoms with Crippen molar-refractivity contribution in [2.24, 2.45) is 5.92 Å². The van der Waals surface area contributed by atoms with Crippen LogP contribution in [0.15, 0.2) is 0 Å². The third-order valence-electron chi connectivity index (χ3n) is 2.82. The van der Waals surface area contributed by atoms with Crippen molar-refractivity contribution in [3.63, 3.8) is 0 Å². The van der Waals surface area contributed by atoms with Gasteiger partial charge in [-0.15, -0.1) is 0 Å². The Morgan fingerprint density at radius 2 is 2.14 bits per heavy atom. The lowest BCUT2D eigenvalue weighted by Crippen LogP contribution is -2.43. The van der Waals surface area contributed by atoms with Gasteiger partial charge in [0.25, 0.3) is 0 Å². The van der Waals surface area contributed by atoms with E-state index in [-0.39, 0.29) is 11.7 Å². The minimum Gasteiger partial charge on any atom is -0.444 e. The molecular formula is C10H16INO2. The van der Waals surface area contributed by atoms with Gasteiger partial charge in [0.1, 0.15) is 5.60 Å². The number of hydrogen-bond donors (Lipinski definition) is 0. The molecule has 0 N–H and O–H groups in total. The van der Waals surface area contributed by atoms with Gasteiger partial charge in [0.15, 0.2) is 0 Å². The molecule has 1 aliphatic carbocycles. The molecule has 3 rings (SSSR count). The number of rotatable bonds is 0. The van der Waals surface area contributed by atoms with Crippen LogP contribution in [0.25, 0.3) is 0 Å². The fourth-order valence-corrected chi connectivity index (χ4v) is 3.28. The van der Waals surface area contributed by atoms with Gasteiger partial charge < -0.3 is 9.64 Å². The van der Waals surface area contributed by atoms with Crippen LogP contribution in [0.2, 0.25) is 0 Å². The number of fused-ring (bicyclic) bond motifs is 1. The van der Waals surface area contributed by atoms with E-state index in [4.69, 9.17) is 4.74 Å². The number of nitrogens with zero attached hydrogens (tertiary/aromatic N) is 1. The van der Waals surface area contributed by atoms with E-state index in [0.29, 0.717) is 15.9 Å². The second kappa shape index (κ2) is 3.25. The van der Waals surface area contributed by atoms with E-state index in [1.165, 1.54) is 6.42 Å². The Morgan fingerprint density at radius 3 is 2.50 bits per heavy atom. The van der Waals surface area contributed by atoms with Gasteiger partial charge in [-0.2, -0.15) is 0 Å². The Morgan fingerprint density at radius 1 is 1.50 bits per heavy atom. The fraction of sp³-hybridized carbons (Fsp3) is 0.900. The van der Waals surface area contributed by atoms with Gasteiger partial charge in [-0.05, 0) is 33.1 Å². The molecule has 2 saturated heterocycles. The van der Waals surface area contributed by atoms with E-state index in [9.17, 15) is 4.79 Å². The molecule has 80 valence electrons. The summed E-state index contributed by atoms with van der Waals surface area (Å²) in [6.45, 7) is 6.62. The first-order chi connectivity index (χ1) is 6.38. The SMILES string of the molecule is CC(C)(C)OC(=O)N1C[C@H]2C[C@@H]1[C@H]2I. The van der Waals surface area contributed by atoms with Gasteiger partial charge >= 0.3 is 6.09 Å². The molecule has 3 nitrogen and oxygen atoms in total. The average Bonchev–Trinajstić information content (AvgIpc) is 2.55. The minimum atomic E-state index is -0.370. The monoisotopic (exact) mass is 309 g/mol. The maximum absolute atomic E-state index is 11.7. The summed E-state index contributed by atoms with van der Waals surface area (Å²) in [4.78, 5) is 13.6. The zero-order chi connectivity index (χ0) is 10.5. The number of amides is 1. The second-order valence-electron chi connectivity index (χ2n) is 5.14. The molecule has 0 aromatic carbocycles. The van der Waals surface area contributed by atoms with Gasteiger partial charge in [0.05, 0.1) is 0 Å². The molecule has 4 heteroatoms. The number of ether oxygens (including phenoxy) is 1. The summed E-state index contributed by atoms with van der Waals surface area (Å²) < 4.78 is 6.00. The van der Waals surface area contributed by atoms with Crippen molar-refractivity contribution in [3.05, 3.63) is 0 Å². The third kappa shape index (κ3) is 1.73. The van der Waals surface area contributed by atoms with Crippen LogP contribution in [0, 0.1) is 5.92 Å². The molecule has 2 heterocycles. The quantitative estimate of drug-likeness (QED) is 0.508. The molecule has 0 unspecified atom stereocenters. The highest BCUT2D eigenvalue weighted by Crippen LogP contribution is 2.46. The maximum atomic E-state index is 11.7. The van der Waals surface area contributed by atoms with Crippen LogP contribution in [-0.4, -0.2) is 33.1 Å². The van der Waals surface area contributed by atoms with E-state index in [0.717, 1.165) is 6.54 Å². The van der Waals surface area contributed by atoms with Crippen LogP contribution >= 0.6 is 22.6 Å². The van der Waals surface area contributed by atoms with E-state index in [2.05, 4.69) is 22.6 Å². The summed E-state index contributed by atoms with van der Waals surface area (Å²) in [5.41, 5.74) is -0.370. The van der Waals surface area contributed by atoms with Crippen molar-refractivity contribution >= 4 is 28.7 Å². The molecule has 2 bridgehead atoms. The molecule has 3 aliphatic rings. The van der Waals surface area contributed by atoms with Crippen LogP contribution in [0.5, 0.6) is 0 Å². The van der Waals surface area contributed by atoms with Gasteiger partial charge in [-0.1, -0.05) is 22.6 Å². The summed E-state index contributed by atoms with van der Waals surface area (Å²) >= 11 is 2.44. The first-order valence-electron chi connectivity index (χ1n) is 5.02. The lowest BCUT2D eigenvalue weighted by Gasteiger charge is -2.32. The highest BCUT2D eigenvalue weighted by Gasteiger charge is 2.53. The predicted molar refractivity (Wildman–Crippen MR) is 62.6 cm³/mol. The molecule has 0 aromatic rings. The number of hydrogen-bond acceptors (Lipinski definition) is 2. The molecule has 0 spiro atoms. The number of carbonyl (C=O) groups is 1. The minimum absolute atomic E-state index is 0.135. The topological polar surface area (TPSA) is 29.5 Å². The lowest BCUT2D eigenvalue weighted by molar-refractivity contribution is 0.0252. The Labute approximate surface area is 98.3 Å². The first-order valence-corrected chi connectivity index (χ1v) is 6.27. The van der Waals surface area contributed by atoms with Crippen molar-refractivity contribution in [1.29, 1.82) is 0 Å². The van der Waals surface area contributed by atoms with Crippen molar-refractivity contribution in [2.75, 3.05) is 6.54 Å². The van der Waals surface area contributed by atoms with Crippen molar-refractivity contribution in [3.8, 4) is 0 Å². The largest absolute Gasteiger partial charge is 0.444 e. The number of alkyl halides is 1. The van der Waals surface area contributed by atoms with Crippen LogP contribution in [0.1, 0.15) is 27.2 Å². The van der Waals surface area contributed by atoms with Crippen LogP contribution in [0.3, 0.4) is 0 Å². The van der Waals surface area contributed by atoms with E-state index in [1.54, 1.807) is 0 Å². The maximum Gasteiger partial charge on any atom is 0.410 e. The second-order valence-corrected chi connectivity index (χ2v) is 6.58. The van der Waals surface area contributed by atoms with E-state index < -0.39 is 0 Å². The van der Waals surface area contributed by atoms with E-state index >= 15 is 0 Å². The van der Waals surface area contributed by atoms with Gasteiger partial charge in [-0.25, -0.2) is 4.79 Å². The third-order valence-corrected chi connectivity index (χ3v) is 4.67. The molecule has 2 aliphatic heterocycles. The van der Waals surface area contributed by atoms with Crippen molar-refractivity contribution in [2.45, 2.75) is 42.8 Å². The van der Waals surface area contributed by atoms with Crippen molar-refractivity contribution in [1.82, 2.24) is 4.90 Å². The standard InChI is InChI=1S/C10H16INO2/c1-10(2,3)14-9(13)12-5-6-4-7(12)8(6)11/h6-8H,4-5H2,1-3H3/t6-,7-,8+/m1/s1. The highest BCUT2D eigenvalue weighted by atomic mass is 127. The number of carbonyl (C=O) groups excluding carboxylic acids is 1. The smallest absolute Gasteiger partial charge is 0.410 e. The van der Waals surface area contributed by atoms with Crippen molar-refractivity contribution < 1.29 is 9.53 Å². The Kier molecular flexibility index (Phi) is 2.44. The molecule has 1 saturated carbocycles. The van der Waals surface area contributed by atoms with Gasteiger partial charge in [-0.3, -0.25) is 0 Å². The number of halogens is 1. The Hall–Kier alpha value is 0. The zero-order valence-corrected chi connectivity index (χ0v) is 10.9. The average molecular weight is 309 g/mol. The molecule has 3 atom stereocenters. The summed E-state index contributed by atoms with van der Waals surface area (Å²) in [6.07, 6.45) is 1.04. The highest BCUT2D eigenvalue weighted by molar-refractivity contribution is 14.1. The van der Waals surface area contributed by atoms with Gasteiger partial charge in [0, 0.05) is 16.5 Å². The van der Waals surface area contributed by atoms with Gasteiger partial charge in [0.2, 0.25) is 0 Å². The molecule has 14 heavy (non-hydrogen) atoms. The van der Waals surface area contributed by atoms with Crippen LogP contribution in [0.4, 0.5) is 4.79 Å². The molecule has 0 aromatic heterocycles. The summed E-state index contributed by atoms with van der Waals surface area (Å²) in [5.74, 6) is 0.716. The summed E-state index contributed by atoms with van der Waals surface area (Å²) in [5, 5.41) is 0. The predicted octanol–water partition coefficient (Wildman–Crippen LogP) is 2.43.